The average Bonchev–Trinajstić information content (AvgIpc) is 2.27. The molecule has 4 nitrogen and oxygen atoms in total. The highest BCUT2D eigenvalue weighted by Crippen LogP contribution is 2.17. The van der Waals surface area contributed by atoms with Crippen LogP contribution >= 0.6 is 0 Å². The van der Waals surface area contributed by atoms with Gasteiger partial charge in [-0.3, -0.25) is 0 Å². The first-order valence-corrected chi connectivity index (χ1v) is 7.58. The molecule has 0 radical (unpaired) electrons. The van der Waals surface area contributed by atoms with E-state index in [9.17, 15) is 22.3 Å². The van der Waals surface area contributed by atoms with Gasteiger partial charge in [0, 0.05) is 12.6 Å². The monoisotopic (exact) mass is 293 g/mol. The molecule has 19 heavy (non-hydrogen) atoms. The van der Waals surface area contributed by atoms with E-state index in [1.54, 1.807) is 0 Å². The molecule has 1 unspecified atom stereocenters. The Bertz CT molecular complexity index is 520. The standard InChI is InChI=1S/C12H17F2NO3S/c1-2-5-15-7-10(16)8-19(17,18)12-4-3-9(13)6-11(12)14/h3-4,6,10,15-16H,2,5,7-8H2,1H3. The molecular formula is C12H17F2NO3S. The minimum absolute atomic E-state index is 0.107. The van der Waals surface area contributed by atoms with Gasteiger partial charge < -0.3 is 10.4 Å². The molecule has 1 aromatic carbocycles. The predicted molar refractivity (Wildman–Crippen MR) is 67.6 cm³/mol. The van der Waals surface area contributed by atoms with Crippen LogP contribution in [0.5, 0.6) is 0 Å². The zero-order chi connectivity index (χ0) is 14.5. The number of hydrogen-bond acceptors (Lipinski definition) is 4. The molecular weight excluding hydrogens is 276 g/mol. The molecule has 0 saturated carbocycles. The molecule has 0 heterocycles. The summed E-state index contributed by atoms with van der Waals surface area (Å²) in [4.78, 5) is -0.594. The molecule has 1 rings (SSSR count). The molecule has 1 atom stereocenters. The second-order valence-corrected chi connectivity index (χ2v) is 6.22. The van der Waals surface area contributed by atoms with Gasteiger partial charge in [0.05, 0.1) is 11.9 Å². The van der Waals surface area contributed by atoms with Crippen LogP contribution in [0.2, 0.25) is 0 Å². The van der Waals surface area contributed by atoms with Crippen LogP contribution in [0.25, 0.3) is 0 Å². The quantitative estimate of drug-likeness (QED) is 0.583. The molecule has 0 bridgehead atoms. The maximum absolute atomic E-state index is 13.4. The molecule has 7 heteroatoms. The summed E-state index contributed by atoms with van der Waals surface area (Å²) in [5, 5.41) is 12.4. The summed E-state index contributed by atoms with van der Waals surface area (Å²) in [5.41, 5.74) is 0. The van der Waals surface area contributed by atoms with E-state index < -0.39 is 38.2 Å². The van der Waals surface area contributed by atoms with Crippen molar-refractivity contribution in [1.82, 2.24) is 5.32 Å². The van der Waals surface area contributed by atoms with Crippen LogP contribution in [0.3, 0.4) is 0 Å². The van der Waals surface area contributed by atoms with Gasteiger partial charge in [0.1, 0.15) is 16.5 Å². The number of hydrogen-bond donors (Lipinski definition) is 2. The van der Waals surface area contributed by atoms with E-state index in [1.165, 1.54) is 0 Å². The third-order valence-corrected chi connectivity index (χ3v) is 4.27. The Morgan fingerprint density at radius 1 is 1.37 bits per heavy atom. The van der Waals surface area contributed by atoms with Gasteiger partial charge in [0.2, 0.25) is 0 Å². The van der Waals surface area contributed by atoms with Crippen LogP contribution in [0, 0.1) is 11.6 Å². The minimum Gasteiger partial charge on any atom is -0.391 e. The molecule has 0 aliphatic heterocycles. The molecule has 0 aliphatic rings. The lowest BCUT2D eigenvalue weighted by atomic mass is 10.3. The maximum Gasteiger partial charge on any atom is 0.183 e. The Hall–Kier alpha value is -1.05. The second-order valence-electron chi connectivity index (χ2n) is 4.21. The zero-order valence-electron chi connectivity index (χ0n) is 10.6. The SMILES string of the molecule is CCCNCC(O)CS(=O)(=O)c1ccc(F)cc1F. The molecule has 0 aromatic heterocycles. The number of aliphatic hydroxyl groups is 1. The van der Waals surface area contributed by atoms with E-state index in [0.29, 0.717) is 12.6 Å². The Kier molecular flexibility index (Phi) is 5.84. The molecule has 0 amide bonds. The fraction of sp³-hybridized carbons (Fsp3) is 0.500. The largest absolute Gasteiger partial charge is 0.391 e. The lowest BCUT2D eigenvalue weighted by Gasteiger charge is -2.12. The summed E-state index contributed by atoms with van der Waals surface area (Å²) in [5.74, 6) is -2.60. The van der Waals surface area contributed by atoms with Gasteiger partial charge in [0.15, 0.2) is 9.84 Å². The van der Waals surface area contributed by atoms with Gasteiger partial charge in [-0.15, -0.1) is 0 Å². The molecule has 2 N–H and O–H groups in total. The van der Waals surface area contributed by atoms with Crippen molar-refractivity contribution in [3.63, 3.8) is 0 Å². The molecule has 0 fully saturated rings. The Balaban J connectivity index is 2.75. The number of aliphatic hydroxyl groups excluding tert-OH is 1. The number of halogens is 2. The van der Waals surface area contributed by atoms with Crippen LogP contribution in [0.1, 0.15) is 13.3 Å². The summed E-state index contributed by atoms with van der Waals surface area (Å²) >= 11 is 0. The van der Waals surface area contributed by atoms with Gasteiger partial charge in [-0.1, -0.05) is 6.92 Å². The van der Waals surface area contributed by atoms with E-state index in [2.05, 4.69) is 5.32 Å². The Morgan fingerprint density at radius 3 is 2.63 bits per heavy atom. The highest BCUT2D eigenvalue weighted by Gasteiger charge is 2.23. The molecule has 0 aliphatic carbocycles. The number of sulfone groups is 1. The summed E-state index contributed by atoms with van der Waals surface area (Å²) in [6, 6.07) is 2.25. The summed E-state index contributed by atoms with van der Waals surface area (Å²) < 4.78 is 49.8. The number of nitrogens with one attached hydrogen (secondary N) is 1. The highest BCUT2D eigenvalue weighted by atomic mass is 32.2. The van der Waals surface area contributed by atoms with Crippen molar-refractivity contribution >= 4 is 9.84 Å². The summed E-state index contributed by atoms with van der Waals surface area (Å²) in [6.45, 7) is 2.70. The van der Waals surface area contributed by atoms with E-state index in [4.69, 9.17) is 0 Å². The summed E-state index contributed by atoms with van der Waals surface area (Å²) in [6.07, 6.45) is -0.285. The predicted octanol–water partition coefficient (Wildman–Crippen LogP) is 1.10. The van der Waals surface area contributed by atoms with Crippen molar-refractivity contribution in [3.8, 4) is 0 Å². The summed E-state index contributed by atoms with van der Waals surface area (Å²) in [7, 11) is -3.98. The first kappa shape index (κ1) is 16.0. The van der Waals surface area contributed by atoms with Gasteiger partial charge in [-0.05, 0) is 25.1 Å². The average molecular weight is 293 g/mol. The molecule has 0 saturated heterocycles. The third kappa shape index (κ3) is 4.85. The van der Waals surface area contributed by atoms with Gasteiger partial charge in [-0.25, -0.2) is 17.2 Å². The van der Waals surface area contributed by atoms with Crippen molar-refractivity contribution < 1.29 is 22.3 Å². The lowest BCUT2D eigenvalue weighted by molar-refractivity contribution is 0.194. The van der Waals surface area contributed by atoms with Gasteiger partial charge in [0.25, 0.3) is 0 Å². The maximum atomic E-state index is 13.4. The third-order valence-electron chi connectivity index (χ3n) is 2.45. The molecule has 1 aromatic rings. The second kappa shape index (κ2) is 6.93. The first-order chi connectivity index (χ1) is 8.86. The Labute approximate surface area is 111 Å². The first-order valence-electron chi connectivity index (χ1n) is 5.93. The van der Waals surface area contributed by atoms with Crippen LogP contribution in [-0.2, 0) is 9.84 Å². The van der Waals surface area contributed by atoms with Crippen LogP contribution in [0.15, 0.2) is 23.1 Å². The van der Waals surface area contributed by atoms with Crippen LogP contribution < -0.4 is 5.32 Å². The fourth-order valence-electron chi connectivity index (χ4n) is 1.57. The number of benzene rings is 1. The fourth-order valence-corrected chi connectivity index (χ4v) is 3.01. The van der Waals surface area contributed by atoms with Gasteiger partial charge >= 0.3 is 0 Å². The molecule has 108 valence electrons. The zero-order valence-corrected chi connectivity index (χ0v) is 11.4. The Morgan fingerprint density at radius 2 is 2.05 bits per heavy atom. The van der Waals surface area contributed by atoms with Crippen molar-refractivity contribution in [2.75, 3.05) is 18.8 Å². The lowest BCUT2D eigenvalue weighted by Crippen LogP contribution is -2.33. The minimum atomic E-state index is -3.98. The van der Waals surface area contributed by atoms with E-state index in [0.717, 1.165) is 18.6 Å². The number of rotatable bonds is 7. The smallest absolute Gasteiger partial charge is 0.183 e. The van der Waals surface area contributed by atoms with Crippen LogP contribution in [-0.4, -0.2) is 38.5 Å². The van der Waals surface area contributed by atoms with Crippen molar-refractivity contribution in [1.29, 1.82) is 0 Å². The van der Waals surface area contributed by atoms with Crippen molar-refractivity contribution in [3.05, 3.63) is 29.8 Å². The molecule has 0 spiro atoms. The van der Waals surface area contributed by atoms with Crippen molar-refractivity contribution in [2.24, 2.45) is 0 Å². The normalized spacial score (nSPS) is 13.5. The van der Waals surface area contributed by atoms with E-state index in [-0.39, 0.29) is 6.54 Å². The highest BCUT2D eigenvalue weighted by molar-refractivity contribution is 7.91. The van der Waals surface area contributed by atoms with Gasteiger partial charge in [-0.2, -0.15) is 0 Å². The topological polar surface area (TPSA) is 66.4 Å². The van der Waals surface area contributed by atoms with Crippen molar-refractivity contribution in [2.45, 2.75) is 24.3 Å². The van der Waals surface area contributed by atoms with Crippen LogP contribution in [0.4, 0.5) is 8.78 Å². The van der Waals surface area contributed by atoms with E-state index >= 15 is 0 Å². The van der Waals surface area contributed by atoms with E-state index in [1.807, 2.05) is 6.92 Å².